The first-order valence-electron chi connectivity index (χ1n) is 10.5. The number of aryl methyl sites for hydroxylation is 1. The lowest BCUT2D eigenvalue weighted by Gasteiger charge is -2.30. The Labute approximate surface area is 189 Å². The lowest BCUT2D eigenvalue weighted by Crippen LogP contribution is -2.42. The minimum Gasteiger partial charge on any atom is -0.496 e. The van der Waals surface area contributed by atoms with Crippen LogP contribution >= 0.6 is 0 Å². The smallest absolute Gasteiger partial charge is 0.243 e. The average Bonchev–Trinajstić information content (AvgIpc) is 2.79. The van der Waals surface area contributed by atoms with Gasteiger partial charge in [-0.2, -0.15) is 4.31 Å². The fraction of sp³-hybridized carbons (Fsp3) is 0.435. The molecule has 0 atom stereocenters. The van der Waals surface area contributed by atoms with Gasteiger partial charge in [0.25, 0.3) is 0 Å². The third kappa shape index (κ3) is 4.99. The highest BCUT2D eigenvalue weighted by Crippen LogP contribution is 2.26. The van der Waals surface area contributed by atoms with Crippen molar-refractivity contribution < 1.29 is 22.7 Å². The summed E-state index contributed by atoms with van der Waals surface area (Å²) < 4.78 is 32.6. The molecule has 0 saturated carbocycles. The van der Waals surface area contributed by atoms with Crippen molar-refractivity contribution in [2.24, 2.45) is 5.92 Å². The molecule has 1 fully saturated rings. The van der Waals surface area contributed by atoms with Crippen LogP contribution in [-0.4, -0.2) is 49.6 Å². The molecule has 1 N–H and O–H groups in total. The quantitative estimate of drug-likeness (QED) is 0.638. The Hall–Kier alpha value is -2.78. The second-order valence-electron chi connectivity index (χ2n) is 8.02. The van der Waals surface area contributed by atoms with E-state index in [0.717, 1.165) is 22.6 Å². The highest BCUT2D eigenvalue weighted by Gasteiger charge is 2.32. The van der Waals surface area contributed by atoms with Gasteiger partial charge in [0.05, 0.1) is 24.2 Å². The molecular formula is C23H29N3O5S. The second kappa shape index (κ2) is 9.79. The second-order valence-corrected chi connectivity index (χ2v) is 9.96. The molecule has 1 aromatic carbocycles. The van der Waals surface area contributed by atoms with E-state index in [0.29, 0.717) is 24.9 Å². The normalized spacial score (nSPS) is 15.4. The number of rotatable bonds is 7. The van der Waals surface area contributed by atoms with Gasteiger partial charge >= 0.3 is 0 Å². The number of methoxy groups -OCH3 is 1. The van der Waals surface area contributed by atoms with Crippen molar-refractivity contribution in [2.75, 3.05) is 20.2 Å². The monoisotopic (exact) mass is 459 g/mol. The summed E-state index contributed by atoms with van der Waals surface area (Å²) in [6, 6.07) is 5.95. The summed E-state index contributed by atoms with van der Waals surface area (Å²) in [5, 5.41) is 2.93. The molecule has 1 amide bonds. The lowest BCUT2D eigenvalue weighted by atomic mass is 9.97. The van der Waals surface area contributed by atoms with E-state index in [2.05, 4.69) is 10.3 Å². The molecule has 2 heterocycles. The molecule has 0 bridgehead atoms. The van der Waals surface area contributed by atoms with Crippen molar-refractivity contribution >= 4 is 21.7 Å². The largest absolute Gasteiger partial charge is 0.496 e. The lowest BCUT2D eigenvalue weighted by molar-refractivity contribution is -0.126. The number of nitrogens with one attached hydrogen (secondary N) is 1. The van der Waals surface area contributed by atoms with Crippen molar-refractivity contribution in [2.45, 2.75) is 45.1 Å². The number of ether oxygens (including phenoxy) is 1. The molecule has 1 aliphatic heterocycles. The molecule has 1 aliphatic rings. The molecule has 0 aliphatic carbocycles. The number of sulfonamides is 1. The van der Waals surface area contributed by atoms with Gasteiger partial charge in [-0.05, 0) is 45.7 Å². The predicted molar refractivity (Wildman–Crippen MR) is 120 cm³/mol. The summed E-state index contributed by atoms with van der Waals surface area (Å²) >= 11 is 0. The summed E-state index contributed by atoms with van der Waals surface area (Å²) in [5.41, 5.74) is 3.04. The van der Waals surface area contributed by atoms with Gasteiger partial charge in [-0.3, -0.25) is 14.6 Å². The zero-order valence-corrected chi connectivity index (χ0v) is 19.7. The predicted octanol–water partition coefficient (Wildman–Crippen LogP) is 2.63. The van der Waals surface area contributed by atoms with Crippen LogP contribution in [0.5, 0.6) is 5.75 Å². The van der Waals surface area contributed by atoms with Gasteiger partial charge in [-0.15, -0.1) is 0 Å². The van der Waals surface area contributed by atoms with Gasteiger partial charge in [-0.1, -0.05) is 12.1 Å². The SMILES string of the molecule is COc1c(C)cnc(CNC(=O)C2CCN(S(=O)(=O)c3ccc(C(C)=O)cc3)CC2)c1C. The number of carbonyl (C=O) groups excluding carboxylic acids is 2. The third-order valence-electron chi connectivity index (χ3n) is 5.90. The van der Waals surface area contributed by atoms with Gasteiger partial charge in [0.1, 0.15) is 5.75 Å². The number of hydrogen-bond acceptors (Lipinski definition) is 6. The number of nitrogens with zero attached hydrogens (tertiary/aromatic N) is 2. The number of aromatic nitrogens is 1. The number of hydrogen-bond donors (Lipinski definition) is 1. The van der Waals surface area contributed by atoms with Crippen LogP contribution in [0.3, 0.4) is 0 Å². The number of amides is 1. The van der Waals surface area contributed by atoms with Crippen molar-refractivity contribution in [3.63, 3.8) is 0 Å². The first kappa shape index (κ1) is 23.9. The van der Waals surface area contributed by atoms with E-state index in [9.17, 15) is 18.0 Å². The fourth-order valence-electron chi connectivity index (χ4n) is 3.93. The Morgan fingerprint density at radius 3 is 2.34 bits per heavy atom. The molecule has 32 heavy (non-hydrogen) atoms. The average molecular weight is 460 g/mol. The molecular weight excluding hydrogens is 430 g/mol. The number of Topliss-reactive ketones (excluding diaryl/α,β-unsaturated/α-hetero) is 1. The van der Waals surface area contributed by atoms with Crippen molar-refractivity contribution in [1.82, 2.24) is 14.6 Å². The molecule has 0 unspecified atom stereocenters. The minimum absolute atomic E-state index is 0.103. The third-order valence-corrected chi connectivity index (χ3v) is 7.82. The number of piperidine rings is 1. The van der Waals surface area contributed by atoms with Gasteiger partial charge in [-0.25, -0.2) is 8.42 Å². The van der Waals surface area contributed by atoms with Crippen LogP contribution in [0.2, 0.25) is 0 Å². The zero-order chi connectivity index (χ0) is 23.5. The van der Waals surface area contributed by atoms with E-state index in [1.165, 1.54) is 35.5 Å². The maximum atomic E-state index is 12.9. The molecule has 1 aromatic heterocycles. The number of pyridine rings is 1. The first-order chi connectivity index (χ1) is 15.1. The minimum atomic E-state index is -3.66. The molecule has 0 radical (unpaired) electrons. The Bertz CT molecular complexity index is 1110. The number of carbonyl (C=O) groups is 2. The van der Waals surface area contributed by atoms with E-state index >= 15 is 0 Å². The first-order valence-corrected chi connectivity index (χ1v) is 12.0. The van der Waals surface area contributed by atoms with E-state index in [1.807, 2.05) is 13.8 Å². The molecule has 2 aromatic rings. The highest BCUT2D eigenvalue weighted by molar-refractivity contribution is 7.89. The van der Waals surface area contributed by atoms with E-state index < -0.39 is 10.0 Å². The van der Waals surface area contributed by atoms with Crippen LogP contribution in [0.1, 0.15) is 46.9 Å². The van der Waals surface area contributed by atoms with Gasteiger partial charge in [0.2, 0.25) is 15.9 Å². The summed E-state index contributed by atoms with van der Waals surface area (Å²) in [5.74, 6) is 0.289. The number of benzene rings is 1. The maximum Gasteiger partial charge on any atom is 0.243 e. The van der Waals surface area contributed by atoms with Gasteiger partial charge in [0, 0.05) is 41.9 Å². The fourth-order valence-corrected chi connectivity index (χ4v) is 5.40. The van der Waals surface area contributed by atoms with Crippen molar-refractivity contribution in [3.8, 4) is 5.75 Å². The molecule has 1 saturated heterocycles. The number of ketones is 1. The maximum absolute atomic E-state index is 12.9. The van der Waals surface area contributed by atoms with Gasteiger partial charge in [0.15, 0.2) is 5.78 Å². The molecule has 9 heteroatoms. The van der Waals surface area contributed by atoms with Crippen LogP contribution < -0.4 is 10.1 Å². The van der Waals surface area contributed by atoms with Crippen LogP contribution in [0.15, 0.2) is 35.4 Å². The molecule has 3 rings (SSSR count). The van der Waals surface area contributed by atoms with Crippen LogP contribution in [-0.2, 0) is 21.4 Å². The topological polar surface area (TPSA) is 106 Å². The van der Waals surface area contributed by atoms with E-state index in [1.54, 1.807) is 13.3 Å². The van der Waals surface area contributed by atoms with Crippen LogP contribution in [0.25, 0.3) is 0 Å². The van der Waals surface area contributed by atoms with Crippen LogP contribution in [0.4, 0.5) is 0 Å². The summed E-state index contributed by atoms with van der Waals surface area (Å²) in [7, 11) is -2.05. The van der Waals surface area contributed by atoms with Crippen LogP contribution in [0, 0.1) is 19.8 Å². The van der Waals surface area contributed by atoms with Gasteiger partial charge < -0.3 is 10.1 Å². The van der Waals surface area contributed by atoms with E-state index in [-0.39, 0.29) is 35.6 Å². The Kier molecular flexibility index (Phi) is 7.30. The molecule has 8 nitrogen and oxygen atoms in total. The van der Waals surface area contributed by atoms with E-state index in [4.69, 9.17) is 4.74 Å². The highest BCUT2D eigenvalue weighted by atomic mass is 32.2. The summed E-state index contributed by atoms with van der Waals surface area (Å²) in [6.07, 6.45) is 2.61. The van der Waals surface area contributed by atoms with Crippen molar-refractivity contribution in [3.05, 3.63) is 52.8 Å². The standard InChI is InChI=1S/C23H29N3O5S/c1-15-13-24-21(16(2)22(15)31-4)14-25-23(28)19-9-11-26(12-10-19)32(29,30)20-7-5-18(6-8-20)17(3)27/h5-8,13,19H,9-12,14H2,1-4H3,(H,25,28). The summed E-state index contributed by atoms with van der Waals surface area (Å²) in [4.78, 5) is 28.6. The Balaban J connectivity index is 1.58. The Morgan fingerprint density at radius 2 is 1.78 bits per heavy atom. The zero-order valence-electron chi connectivity index (χ0n) is 18.8. The van der Waals surface area contributed by atoms with Crippen molar-refractivity contribution in [1.29, 1.82) is 0 Å². The summed E-state index contributed by atoms with van der Waals surface area (Å²) in [6.45, 7) is 6.09. The Morgan fingerprint density at radius 1 is 1.16 bits per heavy atom. The molecule has 172 valence electrons. The molecule has 0 spiro atoms.